The molecule has 1 aromatic rings. The number of anilines is 1. The summed E-state index contributed by atoms with van der Waals surface area (Å²) in [6.07, 6.45) is 3.68. The molecule has 134 valence electrons. The Bertz CT molecular complexity index is 601. The van der Waals surface area contributed by atoms with Gasteiger partial charge in [0, 0.05) is 18.6 Å². The molecule has 0 radical (unpaired) electrons. The van der Waals surface area contributed by atoms with E-state index in [4.69, 9.17) is 9.47 Å². The van der Waals surface area contributed by atoms with Crippen LogP contribution in [-0.2, 0) is 4.79 Å². The maximum atomic E-state index is 14.1. The molecule has 4 nitrogen and oxygen atoms in total. The first-order valence-corrected chi connectivity index (χ1v) is 8.45. The highest BCUT2D eigenvalue weighted by molar-refractivity contribution is 5.91. The number of benzene rings is 1. The van der Waals surface area contributed by atoms with Crippen LogP contribution in [0.5, 0.6) is 11.5 Å². The SMILES string of the molecule is COc1cc(F)c(NC(=O)CC2CC(C)CC(C)(C)C2)cc1OC. The maximum Gasteiger partial charge on any atom is 0.224 e. The molecule has 0 aliphatic heterocycles. The Morgan fingerprint density at radius 2 is 1.88 bits per heavy atom. The first kappa shape index (κ1) is 18.6. The highest BCUT2D eigenvalue weighted by atomic mass is 19.1. The fourth-order valence-corrected chi connectivity index (χ4v) is 4.11. The second-order valence-corrected chi connectivity index (χ2v) is 7.72. The van der Waals surface area contributed by atoms with Gasteiger partial charge in [-0.2, -0.15) is 0 Å². The molecular weight excluding hydrogens is 309 g/mol. The number of amides is 1. The molecule has 0 bridgehead atoms. The number of methoxy groups -OCH3 is 2. The summed E-state index contributed by atoms with van der Waals surface area (Å²) in [6.45, 7) is 6.74. The Morgan fingerprint density at radius 1 is 1.25 bits per heavy atom. The fraction of sp³-hybridized carbons (Fsp3) is 0.632. The Kier molecular flexibility index (Phi) is 5.73. The Morgan fingerprint density at radius 3 is 2.46 bits per heavy atom. The lowest BCUT2D eigenvalue weighted by Gasteiger charge is -2.38. The molecule has 1 fully saturated rings. The van der Waals surface area contributed by atoms with Gasteiger partial charge in [0.15, 0.2) is 17.3 Å². The summed E-state index contributed by atoms with van der Waals surface area (Å²) in [7, 11) is 2.92. The van der Waals surface area contributed by atoms with E-state index in [-0.39, 0.29) is 17.0 Å². The first-order chi connectivity index (χ1) is 11.2. The molecule has 1 aliphatic rings. The number of carbonyl (C=O) groups is 1. The third-order valence-electron chi connectivity index (χ3n) is 4.70. The van der Waals surface area contributed by atoms with Crippen molar-refractivity contribution in [3.05, 3.63) is 17.9 Å². The average Bonchev–Trinajstić information content (AvgIpc) is 2.46. The van der Waals surface area contributed by atoms with Crippen molar-refractivity contribution in [1.82, 2.24) is 0 Å². The third kappa shape index (κ3) is 4.62. The predicted octanol–water partition coefficient (Wildman–Crippen LogP) is 4.63. The molecule has 0 aromatic heterocycles. The van der Waals surface area contributed by atoms with Crippen molar-refractivity contribution in [1.29, 1.82) is 0 Å². The summed E-state index contributed by atoms with van der Waals surface area (Å²) in [5, 5.41) is 2.68. The van der Waals surface area contributed by atoms with E-state index >= 15 is 0 Å². The second kappa shape index (κ2) is 7.41. The van der Waals surface area contributed by atoms with Crippen LogP contribution in [0.25, 0.3) is 0 Å². The molecule has 0 saturated heterocycles. The van der Waals surface area contributed by atoms with Crippen LogP contribution >= 0.6 is 0 Å². The number of nitrogens with one attached hydrogen (secondary N) is 1. The summed E-state index contributed by atoms with van der Waals surface area (Å²) >= 11 is 0. The zero-order valence-corrected chi connectivity index (χ0v) is 15.2. The first-order valence-electron chi connectivity index (χ1n) is 8.45. The topological polar surface area (TPSA) is 47.6 Å². The van der Waals surface area contributed by atoms with Crippen LogP contribution in [-0.4, -0.2) is 20.1 Å². The summed E-state index contributed by atoms with van der Waals surface area (Å²) in [6, 6.07) is 2.68. The van der Waals surface area contributed by atoms with Gasteiger partial charge < -0.3 is 14.8 Å². The van der Waals surface area contributed by atoms with Gasteiger partial charge in [-0.1, -0.05) is 20.8 Å². The summed E-state index contributed by atoms with van der Waals surface area (Å²) in [5.41, 5.74) is 0.387. The van der Waals surface area contributed by atoms with Crippen LogP contribution in [0.15, 0.2) is 12.1 Å². The molecule has 2 unspecified atom stereocenters. The monoisotopic (exact) mass is 337 g/mol. The Labute approximate surface area is 143 Å². The number of hydrogen-bond acceptors (Lipinski definition) is 3. The van der Waals surface area contributed by atoms with Crippen molar-refractivity contribution in [2.45, 2.75) is 46.5 Å². The molecule has 0 spiro atoms. The molecule has 24 heavy (non-hydrogen) atoms. The minimum Gasteiger partial charge on any atom is -0.493 e. The van der Waals surface area contributed by atoms with Crippen LogP contribution in [0.4, 0.5) is 10.1 Å². The Balaban J connectivity index is 2.04. The highest BCUT2D eigenvalue weighted by Crippen LogP contribution is 2.43. The maximum absolute atomic E-state index is 14.1. The summed E-state index contributed by atoms with van der Waals surface area (Å²) in [5.74, 6) is 0.961. The van der Waals surface area contributed by atoms with Crippen molar-refractivity contribution < 1.29 is 18.7 Å². The van der Waals surface area contributed by atoms with E-state index in [0.717, 1.165) is 12.8 Å². The molecular formula is C19H28FNO3. The van der Waals surface area contributed by atoms with Crippen molar-refractivity contribution >= 4 is 11.6 Å². The molecule has 2 rings (SSSR count). The van der Waals surface area contributed by atoms with Gasteiger partial charge in [-0.15, -0.1) is 0 Å². The molecule has 5 heteroatoms. The third-order valence-corrected chi connectivity index (χ3v) is 4.70. The number of rotatable bonds is 5. The number of halogens is 1. The number of ether oxygens (including phenoxy) is 2. The molecule has 1 N–H and O–H groups in total. The van der Waals surface area contributed by atoms with Gasteiger partial charge in [-0.25, -0.2) is 4.39 Å². The van der Waals surface area contributed by atoms with E-state index < -0.39 is 5.82 Å². The molecule has 1 aliphatic carbocycles. The van der Waals surface area contributed by atoms with Gasteiger partial charge in [-0.05, 0) is 36.5 Å². The summed E-state index contributed by atoms with van der Waals surface area (Å²) < 4.78 is 24.3. The highest BCUT2D eigenvalue weighted by Gasteiger charge is 2.33. The van der Waals surface area contributed by atoms with Crippen LogP contribution in [0.2, 0.25) is 0 Å². The smallest absolute Gasteiger partial charge is 0.224 e. The van der Waals surface area contributed by atoms with E-state index in [1.165, 1.54) is 32.8 Å². The van der Waals surface area contributed by atoms with Crippen LogP contribution in [0, 0.1) is 23.1 Å². The zero-order chi connectivity index (χ0) is 17.9. The largest absolute Gasteiger partial charge is 0.493 e. The quantitative estimate of drug-likeness (QED) is 0.852. The molecule has 1 aromatic carbocycles. The molecule has 2 atom stereocenters. The Hall–Kier alpha value is -1.78. The lowest BCUT2D eigenvalue weighted by Crippen LogP contribution is -2.30. The van der Waals surface area contributed by atoms with Gasteiger partial charge in [-0.3, -0.25) is 4.79 Å². The van der Waals surface area contributed by atoms with Gasteiger partial charge in [0.05, 0.1) is 19.9 Å². The van der Waals surface area contributed by atoms with E-state index in [1.54, 1.807) is 0 Å². The van der Waals surface area contributed by atoms with Crippen LogP contribution in [0.3, 0.4) is 0 Å². The van der Waals surface area contributed by atoms with E-state index in [1.807, 2.05) is 0 Å². The predicted molar refractivity (Wildman–Crippen MR) is 93.0 cm³/mol. The zero-order valence-electron chi connectivity index (χ0n) is 15.2. The number of hydrogen-bond donors (Lipinski definition) is 1. The second-order valence-electron chi connectivity index (χ2n) is 7.72. The fourth-order valence-electron chi connectivity index (χ4n) is 4.11. The lowest BCUT2D eigenvalue weighted by molar-refractivity contribution is -0.117. The van der Waals surface area contributed by atoms with Crippen molar-refractivity contribution in [3.63, 3.8) is 0 Å². The van der Waals surface area contributed by atoms with Crippen LogP contribution < -0.4 is 14.8 Å². The molecule has 1 amide bonds. The van der Waals surface area contributed by atoms with Gasteiger partial charge in [0.1, 0.15) is 0 Å². The molecule has 0 heterocycles. The normalized spacial score (nSPS) is 22.8. The van der Waals surface area contributed by atoms with Gasteiger partial charge in [0.25, 0.3) is 0 Å². The lowest BCUT2D eigenvalue weighted by atomic mass is 9.67. The van der Waals surface area contributed by atoms with E-state index in [9.17, 15) is 9.18 Å². The standard InChI is InChI=1S/C19H28FNO3/c1-12-6-13(11-19(2,3)10-12)7-18(22)21-15-9-17(24-5)16(23-4)8-14(15)20/h8-9,12-13H,6-7,10-11H2,1-5H3,(H,21,22). The minimum atomic E-state index is -0.529. The van der Waals surface area contributed by atoms with Crippen molar-refractivity contribution in [3.8, 4) is 11.5 Å². The average molecular weight is 337 g/mol. The van der Waals surface area contributed by atoms with Crippen molar-refractivity contribution in [2.24, 2.45) is 17.3 Å². The summed E-state index contributed by atoms with van der Waals surface area (Å²) in [4.78, 5) is 12.4. The minimum absolute atomic E-state index is 0.126. The van der Waals surface area contributed by atoms with E-state index in [2.05, 4.69) is 26.1 Å². The van der Waals surface area contributed by atoms with Gasteiger partial charge >= 0.3 is 0 Å². The van der Waals surface area contributed by atoms with Crippen LogP contribution in [0.1, 0.15) is 46.5 Å². The number of carbonyl (C=O) groups excluding carboxylic acids is 1. The molecule has 1 saturated carbocycles. The van der Waals surface area contributed by atoms with Gasteiger partial charge in [0.2, 0.25) is 5.91 Å². The van der Waals surface area contributed by atoms with E-state index in [0.29, 0.717) is 29.8 Å². The van der Waals surface area contributed by atoms with Crippen molar-refractivity contribution in [2.75, 3.05) is 19.5 Å².